The smallest absolute Gasteiger partial charge is 0.337 e. The fourth-order valence-electron chi connectivity index (χ4n) is 13.8. The van der Waals surface area contributed by atoms with E-state index in [1.165, 1.54) is 49.5 Å². The van der Waals surface area contributed by atoms with Gasteiger partial charge in [-0.15, -0.1) is 0 Å². The van der Waals surface area contributed by atoms with Crippen molar-refractivity contribution in [3.8, 4) is 80.1 Å². The lowest BCUT2D eigenvalue weighted by atomic mass is 9.89. The summed E-state index contributed by atoms with van der Waals surface area (Å²) in [6.45, 7) is 2.10. The molecule has 584 valence electrons. The van der Waals surface area contributed by atoms with E-state index in [4.69, 9.17) is 51.6 Å². The van der Waals surface area contributed by atoms with Crippen molar-refractivity contribution in [2.24, 2.45) is 0 Å². The van der Waals surface area contributed by atoms with Crippen molar-refractivity contribution in [3.63, 3.8) is 0 Å². The molecule has 0 aromatic heterocycles. The number of phenols is 5. The number of likely N-dealkylation sites (N-methyl/N-ethyl adjacent to an activating group) is 1. The van der Waals surface area contributed by atoms with E-state index in [1.807, 2.05) is 0 Å². The number of carboxylic acids is 1. The molecule has 7 aliphatic heterocycles. The van der Waals surface area contributed by atoms with E-state index in [1.54, 1.807) is 0 Å². The van der Waals surface area contributed by atoms with Crippen LogP contribution in [0.25, 0.3) is 11.1 Å². The molecule has 1 saturated heterocycles. The Bertz CT molecular complexity index is 4820. The number of amides is 7. The maximum absolute atomic E-state index is 16.4. The van der Waals surface area contributed by atoms with Crippen LogP contribution >= 0.6 is 23.2 Å². The molecule has 13 atom stereocenters. The molecule has 7 aromatic carbocycles. The third-order valence-corrected chi connectivity index (χ3v) is 20.3. The predicted octanol–water partition coefficient (Wildman–Crippen LogP) is 6.55. The molecule has 0 unspecified atom stereocenters. The molecule has 32 nitrogen and oxygen atoms in total. The van der Waals surface area contributed by atoms with Gasteiger partial charge in [0.05, 0.1) is 17.2 Å². The summed E-state index contributed by atoms with van der Waals surface area (Å²) < 4.78 is 37.5. The summed E-state index contributed by atoms with van der Waals surface area (Å²) in [5.41, 5.74) is -2.57. The largest absolute Gasteiger partial charge is 0.508 e. The minimum atomic E-state index is -2.37. The lowest BCUT2D eigenvalue weighted by Gasteiger charge is -2.41. The van der Waals surface area contributed by atoms with Crippen molar-refractivity contribution in [2.75, 3.05) is 14.2 Å². The highest BCUT2D eigenvalue weighted by Crippen LogP contribution is 2.50. The molecule has 0 aliphatic carbocycles. The Labute approximate surface area is 642 Å². The van der Waals surface area contributed by atoms with Gasteiger partial charge in [-0.1, -0.05) is 105 Å². The van der Waals surface area contributed by atoms with Crippen LogP contribution in [0, 0.1) is 0 Å². The Morgan fingerprint density at radius 2 is 1.19 bits per heavy atom. The fourth-order valence-corrected chi connectivity index (χ4v) is 14.3. The number of methoxy groups -OCH3 is 1. The number of carbonyl (C=O) groups is 9. The normalized spacial score (nSPS) is 23.7. The number of hydrogen-bond donors (Lipinski definition) is 17. The number of carbonyl (C=O) groups excluding carboxylic acids is 8. The Kier molecular flexibility index (Phi) is 23.9. The van der Waals surface area contributed by atoms with E-state index in [2.05, 4.69) is 49.5 Å². The van der Waals surface area contributed by atoms with Gasteiger partial charge < -0.3 is 117 Å². The fraction of sp³-hybridized carbons (Fsp3) is 0.338. The average Bonchev–Trinajstić information content (AvgIpc) is 0.767. The van der Waals surface area contributed by atoms with E-state index in [0.29, 0.717) is 18.4 Å². The number of aliphatic hydroxyl groups is 3. The number of ether oxygens (including phenoxy) is 6. The van der Waals surface area contributed by atoms with Crippen molar-refractivity contribution in [3.05, 3.63) is 164 Å². The number of fused-ring (bicyclic) bond motifs is 14. The van der Waals surface area contributed by atoms with Crippen molar-refractivity contribution >= 4 is 76.5 Å². The Morgan fingerprint density at radius 3 is 1.88 bits per heavy atom. The number of aromatic hydroxyl groups is 5. The topological polar surface area (TPSA) is 487 Å². The summed E-state index contributed by atoms with van der Waals surface area (Å²) in [5.74, 6) is -17.7. The maximum atomic E-state index is 16.4. The SMILES string of the molecule is CCCCCCCCCCC(=O)N[C@H]1[C@H](Oc2c3cc4cc2Oc2ccc(cc2Cl)[C@@H](O)[C@@H]2NC(=O)[C@H](NC(=O)[C@@H]4NC(=O)[C@H]4NC(=O)[C@@H](Cc5ccc(cc5)O3)NC(=O)[C@H](NC)c3ccc(O)c(c3)Oc3cc(O)c(Cl)c4c3)c3ccc(O)c(c3)-c3c(O)cc(O)cc3[C@H](C(=O)O)NC2=O)O[C@H](C(=O)OC)[C@@H](O)[C@@H]1O. The van der Waals surface area contributed by atoms with Gasteiger partial charge in [-0.3, -0.25) is 33.6 Å². The summed E-state index contributed by atoms with van der Waals surface area (Å²) in [5, 5.41) is 124. The van der Waals surface area contributed by atoms with Gasteiger partial charge in [0.25, 0.3) is 0 Å². The number of aliphatic carboxylic acids is 1. The molecule has 1 fully saturated rings. The number of nitrogens with one attached hydrogen (secondary N) is 8. The molecular formula is C77H78Cl2N8O24. The third-order valence-electron chi connectivity index (χ3n) is 19.6. The molecule has 17 N–H and O–H groups in total. The lowest BCUT2D eigenvalue weighted by Crippen LogP contribution is -2.66. The zero-order valence-corrected chi connectivity index (χ0v) is 61.0. The van der Waals surface area contributed by atoms with Crippen molar-refractivity contribution in [1.29, 1.82) is 0 Å². The highest BCUT2D eigenvalue weighted by atomic mass is 35.5. The first kappa shape index (κ1) is 78.9. The molecule has 7 aromatic rings. The summed E-state index contributed by atoms with van der Waals surface area (Å²) in [4.78, 5) is 134. The second-order valence-electron chi connectivity index (χ2n) is 27.2. The van der Waals surface area contributed by atoms with Crippen LogP contribution in [0.5, 0.6) is 69.0 Å². The van der Waals surface area contributed by atoms with E-state index in [9.17, 15) is 69.9 Å². The Balaban J connectivity index is 1.10. The van der Waals surface area contributed by atoms with Gasteiger partial charge in [0.1, 0.15) is 101 Å². The average molecular weight is 1570 g/mol. The lowest BCUT2D eigenvalue weighted by molar-refractivity contribution is -0.242. The quantitative estimate of drug-likeness (QED) is 0.0382. The van der Waals surface area contributed by atoms with Gasteiger partial charge >= 0.3 is 11.9 Å². The van der Waals surface area contributed by atoms with Crippen LogP contribution in [-0.4, -0.2) is 156 Å². The van der Waals surface area contributed by atoms with Crippen molar-refractivity contribution < 1.29 is 118 Å². The molecule has 14 rings (SSSR count). The van der Waals surface area contributed by atoms with Gasteiger partial charge in [0, 0.05) is 47.2 Å². The van der Waals surface area contributed by atoms with Gasteiger partial charge in [-0.2, -0.15) is 0 Å². The van der Waals surface area contributed by atoms with Crippen molar-refractivity contribution in [1.82, 2.24) is 42.5 Å². The van der Waals surface area contributed by atoms with Crippen LogP contribution in [0.2, 0.25) is 10.0 Å². The highest BCUT2D eigenvalue weighted by Gasteiger charge is 2.51. The molecule has 7 heterocycles. The third kappa shape index (κ3) is 17.1. The van der Waals surface area contributed by atoms with Crippen LogP contribution in [0.3, 0.4) is 0 Å². The minimum Gasteiger partial charge on any atom is -0.508 e. The maximum Gasteiger partial charge on any atom is 0.337 e. The molecule has 0 saturated carbocycles. The zero-order valence-electron chi connectivity index (χ0n) is 59.5. The van der Waals surface area contributed by atoms with Crippen LogP contribution < -0.4 is 61.5 Å². The monoisotopic (exact) mass is 1570 g/mol. The summed E-state index contributed by atoms with van der Waals surface area (Å²) in [6, 6.07) is 6.02. The molecule has 111 heavy (non-hydrogen) atoms. The standard InChI is InChI=1S/C77H78Cl2N8O24/c1-4-5-6-7-8-9-10-11-12-54(93)82-63-65(95)66(96)68(76(105)106-3)111-77(63)110-67-52-27-37-28-53(67)109-50-22-17-36(25-44(50)78)64(94)62-74(102)86-61(75(103)104)42-29-38(88)30-48(91)55(42)41-24-34(15-20-46(41)89)58(71(99)87-62)83-72(100)59(37)84-73(101)60-43-31-40(32-49(92)56(43)79)108-51-26-35(16-21-47(51)90)57(80-2)70(98)81-45(69(97)85-60)23-33-13-18-39(107-52)19-14-33/h13-22,24-32,45,57-66,68,77,80,88-92,94-96H,4-12,23H2,1-3H3,(H,81,98)(H,82,93)(H,83,100)(H,84,101)(H,85,97)(H,86,102)(H,87,99)(H,103,104)/t45-,57-,58-,59-,60+,61-,62+,63-,64-,65-,66+,68+,77-/m1/s1. The van der Waals surface area contributed by atoms with Gasteiger partial charge in [0.2, 0.25) is 53.4 Å². The molecule has 7 amide bonds. The van der Waals surface area contributed by atoms with Crippen LogP contribution in [0.15, 0.2) is 115 Å². The highest BCUT2D eigenvalue weighted by molar-refractivity contribution is 6.33. The minimum absolute atomic E-state index is 0.0939. The first-order chi connectivity index (χ1) is 53.1. The Hall–Kier alpha value is -11.7. The number of esters is 1. The number of carboxylic acid groups (broad SMARTS) is 1. The first-order valence-corrected chi connectivity index (χ1v) is 36.2. The number of benzene rings is 7. The molecule has 7 aliphatic rings. The van der Waals surface area contributed by atoms with E-state index in [0.717, 1.165) is 118 Å². The van der Waals surface area contributed by atoms with Gasteiger partial charge in [0.15, 0.2) is 35.1 Å². The number of unbranched alkanes of at least 4 members (excludes halogenated alkanes) is 7. The van der Waals surface area contributed by atoms with E-state index < -0.39 is 216 Å². The van der Waals surface area contributed by atoms with Crippen LogP contribution in [0.1, 0.15) is 140 Å². The van der Waals surface area contributed by atoms with Gasteiger partial charge in [-0.05, 0) is 114 Å². The number of halogens is 2. The summed E-state index contributed by atoms with van der Waals surface area (Å²) in [7, 11) is 2.41. The zero-order chi connectivity index (χ0) is 79.4. The number of aliphatic hydroxyl groups excluding tert-OH is 3. The predicted molar refractivity (Wildman–Crippen MR) is 391 cm³/mol. The van der Waals surface area contributed by atoms with E-state index in [-0.39, 0.29) is 52.5 Å². The number of phenolic OH excluding ortho intramolecular Hbond substituents is 5. The molecule has 34 heteroatoms. The summed E-state index contributed by atoms with van der Waals surface area (Å²) in [6.07, 6.45) is -4.03. The second-order valence-corrected chi connectivity index (χ2v) is 27.9. The molecule has 17 bridgehead atoms. The molecule has 0 radical (unpaired) electrons. The second kappa shape index (κ2) is 33.7. The van der Waals surface area contributed by atoms with Crippen molar-refractivity contribution in [2.45, 2.75) is 150 Å². The van der Waals surface area contributed by atoms with Gasteiger partial charge in [-0.25, -0.2) is 9.59 Å². The molecular weight excluding hydrogens is 1490 g/mol. The molecule has 0 spiro atoms. The number of rotatable bonds is 15. The Morgan fingerprint density at radius 1 is 0.559 bits per heavy atom. The van der Waals surface area contributed by atoms with Crippen LogP contribution in [-0.2, 0) is 59.0 Å². The van der Waals surface area contributed by atoms with Crippen LogP contribution in [0.4, 0.5) is 0 Å². The first-order valence-electron chi connectivity index (χ1n) is 35.4. The number of hydrogen-bond acceptors (Lipinski definition) is 24. The van der Waals surface area contributed by atoms with E-state index >= 15 is 19.2 Å². The summed E-state index contributed by atoms with van der Waals surface area (Å²) >= 11 is 14.1.